The Kier molecular flexibility index (Phi) is 5.22. The molecule has 0 radical (unpaired) electrons. The van der Waals surface area contributed by atoms with Crippen LogP contribution in [0.25, 0.3) is 0 Å². The average molecular weight is 228 g/mol. The molecule has 4 nitrogen and oxygen atoms in total. The monoisotopic (exact) mass is 228 g/mol. The van der Waals surface area contributed by atoms with Gasteiger partial charge in [-0.25, -0.2) is 0 Å². The minimum absolute atomic E-state index is 0.0790. The zero-order valence-electron chi connectivity index (χ0n) is 10.6. The molecule has 0 aromatic heterocycles. The molecular weight excluding hydrogens is 204 g/mol. The van der Waals surface area contributed by atoms with Crippen molar-refractivity contribution in [3.63, 3.8) is 0 Å². The van der Waals surface area contributed by atoms with Crippen LogP contribution < -0.4 is 5.73 Å². The number of nitrogens with two attached hydrogens (primary N) is 1. The normalized spacial score (nSPS) is 21.5. The van der Waals surface area contributed by atoms with Gasteiger partial charge >= 0.3 is 0 Å². The van der Waals surface area contributed by atoms with Gasteiger partial charge in [0.05, 0.1) is 5.92 Å². The summed E-state index contributed by atoms with van der Waals surface area (Å²) in [5.41, 5.74) is 5.74. The summed E-state index contributed by atoms with van der Waals surface area (Å²) in [5, 5.41) is 0. The molecular formula is C12H24N2O2. The first-order valence-corrected chi connectivity index (χ1v) is 6.10. The van der Waals surface area contributed by atoms with Crippen LogP contribution in [0.4, 0.5) is 0 Å². The van der Waals surface area contributed by atoms with E-state index in [0.717, 1.165) is 32.6 Å². The van der Waals surface area contributed by atoms with Crippen LogP contribution in [-0.4, -0.2) is 43.7 Å². The van der Waals surface area contributed by atoms with Crippen molar-refractivity contribution in [1.29, 1.82) is 0 Å². The molecule has 1 amide bonds. The number of hydrogen-bond acceptors (Lipinski definition) is 3. The highest BCUT2D eigenvalue weighted by Crippen LogP contribution is 2.16. The van der Waals surface area contributed by atoms with Crippen molar-refractivity contribution in [2.75, 3.05) is 26.8 Å². The second-order valence-corrected chi connectivity index (χ2v) is 4.92. The van der Waals surface area contributed by atoms with Gasteiger partial charge in [-0.2, -0.15) is 0 Å². The lowest BCUT2D eigenvalue weighted by molar-refractivity contribution is -0.135. The van der Waals surface area contributed by atoms with Crippen LogP contribution in [0.15, 0.2) is 0 Å². The maximum atomic E-state index is 12.0. The lowest BCUT2D eigenvalue weighted by atomic mass is 9.98. The summed E-state index contributed by atoms with van der Waals surface area (Å²) in [7, 11) is 1.87. The number of carbonyl (C=O) groups is 1. The minimum Gasteiger partial charge on any atom is -0.381 e. The van der Waals surface area contributed by atoms with Crippen molar-refractivity contribution in [3.8, 4) is 0 Å². The summed E-state index contributed by atoms with van der Waals surface area (Å²) in [6.45, 7) is 6.27. The number of amides is 1. The SMILES string of the molecule is CC(N)C(C)C(=O)N(C)CC1CCOCC1. The number of rotatable bonds is 4. The van der Waals surface area contributed by atoms with Gasteiger partial charge in [-0.15, -0.1) is 0 Å². The van der Waals surface area contributed by atoms with E-state index in [-0.39, 0.29) is 17.9 Å². The van der Waals surface area contributed by atoms with E-state index in [4.69, 9.17) is 10.5 Å². The highest BCUT2D eigenvalue weighted by atomic mass is 16.5. The molecule has 2 N–H and O–H groups in total. The van der Waals surface area contributed by atoms with Crippen LogP contribution in [0.2, 0.25) is 0 Å². The lowest BCUT2D eigenvalue weighted by Crippen LogP contribution is -2.42. The lowest BCUT2D eigenvalue weighted by Gasteiger charge is -2.29. The Morgan fingerprint density at radius 2 is 2.00 bits per heavy atom. The molecule has 1 saturated heterocycles. The third-order valence-electron chi connectivity index (χ3n) is 3.43. The molecule has 1 aliphatic rings. The molecule has 0 spiro atoms. The van der Waals surface area contributed by atoms with Crippen LogP contribution in [0, 0.1) is 11.8 Å². The van der Waals surface area contributed by atoms with Crippen molar-refractivity contribution in [2.24, 2.45) is 17.6 Å². The Morgan fingerprint density at radius 1 is 1.44 bits per heavy atom. The maximum Gasteiger partial charge on any atom is 0.226 e. The zero-order chi connectivity index (χ0) is 12.1. The summed E-state index contributed by atoms with van der Waals surface area (Å²) >= 11 is 0. The molecule has 1 aliphatic heterocycles. The molecule has 1 rings (SSSR count). The standard InChI is InChI=1S/C12H24N2O2/c1-9(10(2)13)12(15)14(3)8-11-4-6-16-7-5-11/h9-11H,4-8,13H2,1-3H3. The van der Waals surface area contributed by atoms with Gasteiger partial charge < -0.3 is 15.4 Å². The number of nitrogens with zero attached hydrogens (tertiary/aromatic N) is 1. The smallest absolute Gasteiger partial charge is 0.226 e. The van der Waals surface area contributed by atoms with Gasteiger partial charge in [0.2, 0.25) is 5.91 Å². The van der Waals surface area contributed by atoms with Gasteiger partial charge in [0.25, 0.3) is 0 Å². The topological polar surface area (TPSA) is 55.6 Å². The van der Waals surface area contributed by atoms with Crippen molar-refractivity contribution in [2.45, 2.75) is 32.7 Å². The second-order valence-electron chi connectivity index (χ2n) is 4.92. The Morgan fingerprint density at radius 3 is 2.50 bits per heavy atom. The molecule has 2 unspecified atom stereocenters. The average Bonchev–Trinajstić information content (AvgIpc) is 2.28. The summed E-state index contributed by atoms with van der Waals surface area (Å²) in [4.78, 5) is 13.8. The van der Waals surface area contributed by atoms with E-state index < -0.39 is 0 Å². The minimum atomic E-state index is -0.0927. The number of hydrogen-bond donors (Lipinski definition) is 1. The molecule has 2 atom stereocenters. The predicted octanol–water partition coefficient (Wildman–Crippen LogP) is 0.855. The largest absolute Gasteiger partial charge is 0.381 e. The van der Waals surface area contributed by atoms with E-state index >= 15 is 0 Å². The first-order valence-electron chi connectivity index (χ1n) is 6.10. The summed E-state index contributed by atoms with van der Waals surface area (Å²) < 4.78 is 5.30. The Hall–Kier alpha value is -0.610. The zero-order valence-corrected chi connectivity index (χ0v) is 10.6. The van der Waals surface area contributed by atoms with Gasteiger partial charge in [-0.05, 0) is 25.7 Å². The third kappa shape index (κ3) is 3.76. The van der Waals surface area contributed by atoms with Crippen LogP contribution in [0.5, 0.6) is 0 Å². The molecule has 16 heavy (non-hydrogen) atoms. The van der Waals surface area contributed by atoms with Gasteiger partial charge in [0.1, 0.15) is 0 Å². The molecule has 0 bridgehead atoms. The number of carbonyl (C=O) groups excluding carboxylic acids is 1. The first-order chi connectivity index (χ1) is 7.52. The van der Waals surface area contributed by atoms with Crippen molar-refractivity contribution in [3.05, 3.63) is 0 Å². The fraction of sp³-hybridized carbons (Fsp3) is 0.917. The van der Waals surface area contributed by atoms with E-state index in [0.29, 0.717) is 5.92 Å². The molecule has 1 heterocycles. The molecule has 4 heteroatoms. The summed E-state index contributed by atoms with van der Waals surface area (Å²) in [6, 6.07) is -0.0790. The molecule has 1 fully saturated rings. The number of ether oxygens (including phenoxy) is 1. The van der Waals surface area contributed by atoms with Crippen LogP contribution in [-0.2, 0) is 9.53 Å². The Balaban J connectivity index is 2.38. The van der Waals surface area contributed by atoms with E-state index in [1.54, 1.807) is 0 Å². The third-order valence-corrected chi connectivity index (χ3v) is 3.43. The molecule has 94 valence electrons. The van der Waals surface area contributed by atoms with Crippen molar-refractivity contribution < 1.29 is 9.53 Å². The van der Waals surface area contributed by atoms with Crippen molar-refractivity contribution >= 4 is 5.91 Å². The Bertz CT molecular complexity index is 225. The van der Waals surface area contributed by atoms with E-state index in [2.05, 4.69) is 0 Å². The van der Waals surface area contributed by atoms with E-state index in [1.807, 2.05) is 25.8 Å². The van der Waals surface area contributed by atoms with Gasteiger partial charge in [0, 0.05) is 32.8 Å². The molecule has 0 saturated carbocycles. The van der Waals surface area contributed by atoms with Crippen molar-refractivity contribution in [1.82, 2.24) is 4.90 Å². The van der Waals surface area contributed by atoms with Crippen LogP contribution in [0.1, 0.15) is 26.7 Å². The molecule has 0 aromatic carbocycles. The first kappa shape index (κ1) is 13.5. The maximum absolute atomic E-state index is 12.0. The van der Waals surface area contributed by atoms with E-state index in [1.165, 1.54) is 0 Å². The second kappa shape index (κ2) is 6.21. The Labute approximate surface area is 98.1 Å². The highest BCUT2D eigenvalue weighted by Gasteiger charge is 2.23. The molecule has 0 aromatic rings. The highest BCUT2D eigenvalue weighted by molar-refractivity contribution is 5.78. The summed E-state index contributed by atoms with van der Waals surface area (Å²) in [5.74, 6) is 0.648. The van der Waals surface area contributed by atoms with Crippen LogP contribution in [0.3, 0.4) is 0 Å². The quantitative estimate of drug-likeness (QED) is 0.776. The summed E-state index contributed by atoms with van der Waals surface area (Å²) in [6.07, 6.45) is 2.12. The predicted molar refractivity (Wildman–Crippen MR) is 64.0 cm³/mol. The van der Waals surface area contributed by atoms with Gasteiger partial charge in [0.15, 0.2) is 0 Å². The fourth-order valence-corrected chi connectivity index (χ4v) is 1.98. The fourth-order valence-electron chi connectivity index (χ4n) is 1.98. The van der Waals surface area contributed by atoms with Crippen LogP contribution >= 0.6 is 0 Å². The van der Waals surface area contributed by atoms with E-state index in [9.17, 15) is 4.79 Å². The molecule has 0 aliphatic carbocycles. The van der Waals surface area contributed by atoms with Gasteiger partial charge in [-0.3, -0.25) is 4.79 Å². The van der Waals surface area contributed by atoms with Gasteiger partial charge in [-0.1, -0.05) is 6.92 Å².